The Labute approximate surface area is 145 Å². The van der Waals surface area contributed by atoms with Gasteiger partial charge in [-0.1, -0.05) is 12.1 Å². The minimum Gasteiger partial charge on any atom is -0.368 e. The number of aromatic nitrogens is 4. The molecule has 128 valence electrons. The van der Waals surface area contributed by atoms with Crippen LogP contribution in [0.15, 0.2) is 30.5 Å². The number of hydrogen-bond acceptors (Lipinski definition) is 5. The maximum atomic E-state index is 13.1. The Bertz CT molecular complexity index is 901. The zero-order valence-corrected chi connectivity index (χ0v) is 14.1. The van der Waals surface area contributed by atoms with Crippen LogP contribution in [0.3, 0.4) is 0 Å². The number of rotatable bonds is 2. The van der Waals surface area contributed by atoms with Gasteiger partial charge in [0.15, 0.2) is 0 Å². The summed E-state index contributed by atoms with van der Waals surface area (Å²) in [5, 5.41) is 0. The van der Waals surface area contributed by atoms with E-state index in [0.717, 1.165) is 36.1 Å². The molecule has 7 heteroatoms. The van der Waals surface area contributed by atoms with Crippen LogP contribution in [-0.2, 0) is 0 Å². The van der Waals surface area contributed by atoms with E-state index in [1.807, 2.05) is 29.2 Å². The first-order valence-electron chi connectivity index (χ1n) is 8.48. The fraction of sp³-hybridized carbons (Fsp3) is 0.333. The Balaban J connectivity index is 1.70. The third kappa shape index (κ3) is 2.82. The number of imidazole rings is 1. The molecule has 3 N–H and O–H groups in total. The van der Waals surface area contributed by atoms with Crippen LogP contribution in [0.1, 0.15) is 47.2 Å². The van der Waals surface area contributed by atoms with Crippen LogP contribution in [0.4, 0.5) is 5.95 Å². The van der Waals surface area contributed by atoms with E-state index in [0.29, 0.717) is 17.8 Å². The number of fused-ring (bicyclic) bond motifs is 1. The second kappa shape index (κ2) is 6.16. The normalized spacial score (nSPS) is 17.8. The van der Waals surface area contributed by atoms with Crippen LogP contribution in [0.25, 0.3) is 11.0 Å². The van der Waals surface area contributed by atoms with Crippen molar-refractivity contribution in [1.82, 2.24) is 24.8 Å². The van der Waals surface area contributed by atoms with Crippen LogP contribution in [-0.4, -0.2) is 37.3 Å². The highest BCUT2D eigenvalue weighted by Crippen LogP contribution is 2.32. The SMILES string of the molecule is Cc1nc(N)ncc1C(=O)N1CCCC[C@@H]1c1nc2ccccc2[nH]1. The first kappa shape index (κ1) is 15.6. The van der Waals surface area contributed by atoms with Crippen LogP contribution < -0.4 is 5.73 Å². The quantitative estimate of drug-likeness (QED) is 0.749. The smallest absolute Gasteiger partial charge is 0.257 e. The third-order valence-corrected chi connectivity index (χ3v) is 4.72. The fourth-order valence-electron chi connectivity index (χ4n) is 3.44. The summed E-state index contributed by atoms with van der Waals surface area (Å²) < 4.78 is 0. The number of likely N-dealkylation sites (tertiary alicyclic amines) is 1. The number of aryl methyl sites for hydroxylation is 1. The van der Waals surface area contributed by atoms with Gasteiger partial charge in [-0.15, -0.1) is 0 Å². The number of anilines is 1. The molecule has 0 unspecified atom stereocenters. The number of nitrogens with two attached hydrogens (primary N) is 1. The number of nitrogen functional groups attached to an aromatic ring is 1. The Kier molecular flexibility index (Phi) is 3.83. The topological polar surface area (TPSA) is 101 Å². The van der Waals surface area contributed by atoms with Crippen molar-refractivity contribution >= 4 is 22.9 Å². The predicted octanol–water partition coefficient (Wildman–Crippen LogP) is 2.61. The highest BCUT2D eigenvalue weighted by molar-refractivity contribution is 5.95. The van der Waals surface area contributed by atoms with Gasteiger partial charge in [-0.3, -0.25) is 4.79 Å². The van der Waals surface area contributed by atoms with Crippen LogP contribution in [0.2, 0.25) is 0 Å². The molecule has 3 aromatic rings. The molecule has 1 amide bonds. The molecule has 1 atom stereocenters. The number of hydrogen-bond donors (Lipinski definition) is 2. The third-order valence-electron chi connectivity index (χ3n) is 4.72. The van der Waals surface area contributed by atoms with Gasteiger partial charge in [-0.25, -0.2) is 15.0 Å². The molecule has 25 heavy (non-hydrogen) atoms. The first-order valence-corrected chi connectivity index (χ1v) is 8.48. The van der Waals surface area contributed by atoms with Crippen molar-refractivity contribution in [2.75, 3.05) is 12.3 Å². The van der Waals surface area contributed by atoms with Gasteiger partial charge in [0.25, 0.3) is 5.91 Å². The lowest BCUT2D eigenvalue weighted by Gasteiger charge is -2.34. The number of carbonyl (C=O) groups is 1. The van der Waals surface area contributed by atoms with Crippen molar-refractivity contribution in [3.8, 4) is 0 Å². The van der Waals surface area contributed by atoms with Crippen molar-refractivity contribution < 1.29 is 4.79 Å². The predicted molar refractivity (Wildman–Crippen MR) is 94.9 cm³/mol. The molecule has 0 saturated carbocycles. The Morgan fingerprint density at radius 2 is 2.12 bits per heavy atom. The van der Waals surface area contributed by atoms with E-state index in [1.165, 1.54) is 6.20 Å². The van der Waals surface area contributed by atoms with E-state index in [1.54, 1.807) is 6.92 Å². The molecule has 7 nitrogen and oxygen atoms in total. The van der Waals surface area contributed by atoms with Crippen molar-refractivity contribution in [1.29, 1.82) is 0 Å². The summed E-state index contributed by atoms with van der Waals surface area (Å²) in [6.07, 6.45) is 4.46. The Morgan fingerprint density at radius 1 is 1.28 bits per heavy atom. The summed E-state index contributed by atoms with van der Waals surface area (Å²) in [5.41, 5.74) is 8.61. The van der Waals surface area contributed by atoms with E-state index >= 15 is 0 Å². The monoisotopic (exact) mass is 336 g/mol. The van der Waals surface area contributed by atoms with E-state index in [-0.39, 0.29) is 17.9 Å². The molecule has 1 aromatic carbocycles. The highest BCUT2D eigenvalue weighted by atomic mass is 16.2. The van der Waals surface area contributed by atoms with Crippen molar-refractivity contribution in [3.05, 3.63) is 47.5 Å². The van der Waals surface area contributed by atoms with Gasteiger partial charge < -0.3 is 15.6 Å². The number of benzene rings is 1. The molecule has 1 aliphatic heterocycles. The molecule has 1 aliphatic rings. The van der Waals surface area contributed by atoms with E-state index in [2.05, 4.69) is 15.0 Å². The summed E-state index contributed by atoms with van der Waals surface area (Å²) >= 11 is 0. The van der Waals surface area contributed by atoms with Gasteiger partial charge in [-0.05, 0) is 38.3 Å². The van der Waals surface area contributed by atoms with Gasteiger partial charge in [0.2, 0.25) is 5.95 Å². The largest absolute Gasteiger partial charge is 0.368 e. The summed E-state index contributed by atoms with van der Waals surface area (Å²) in [5.74, 6) is 0.951. The molecule has 0 bridgehead atoms. The van der Waals surface area contributed by atoms with Gasteiger partial charge in [0.1, 0.15) is 5.82 Å². The Morgan fingerprint density at radius 3 is 2.92 bits per heavy atom. The molecule has 1 saturated heterocycles. The number of carbonyl (C=O) groups excluding carboxylic acids is 1. The van der Waals surface area contributed by atoms with E-state index < -0.39 is 0 Å². The summed E-state index contributed by atoms with van der Waals surface area (Å²) in [7, 11) is 0. The standard InChI is InChI=1S/C18H20N6O/c1-11-12(10-20-18(19)21-11)17(25)24-9-5-4-8-15(24)16-22-13-6-2-3-7-14(13)23-16/h2-3,6-7,10,15H,4-5,8-9H2,1H3,(H,22,23)(H2,19,20,21)/t15-/m1/s1. The molecule has 1 fully saturated rings. The lowest BCUT2D eigenvalue weighted by Crippen LogP contribution is -2.39. The summed E-state index contributed by atoms with van der Waals surface area (Å²) in [6, 6.07) is 7.85. The number of aromatic amines is 1. The highest BCUT2D eigenvalue weighted by Gasteiger charge is 2.31. The maximum absolute atomic E-state index is 13.1. The molecular weight excluding hydrogens is 316 g/mol. The fourth-order valence-corrected chi connectivity index (χ4v) is 3.44. The molecule has 0 spiro atoms. The van der Waals surface area contributed by atoms with Crippen LogP contribution in [0.5, 0.6) is 0 Å². The second-order valence-electron chi connectivity index (χ2n) is 6.38. The van der Waals surface area contributed by atoms with E-state index in [4.69, 9.17) is 10.7 Å². The lowest BCUT2D eigenvalue weighted by atomic mass is 10.00. The maximum Gasteiger partial charge on any atom is 0.257 e. The van der Waals surface area contributed by atoms with Crippen molar-refractivity contribution in [2.45, 2.75) is 32.2 Å². The van der Waals surface area contributed by atoms with Crippen LogP contribution in [0, 0.1) is 6.92 Å². The number of amides is 1. The van der Waals surface area contributed by atoms with Gasteiger partial charge >= 0.3 is 0 Å². The van der Waals surface area contributed by atoms with Crippen molar-refractivity contribution in [2.24, 2.45) is 0 Å². The molecule has 4 rings (SSSR count). The minimum absolute atomic E-state index is 0.0643. The zero-order valence-electron chi connectivity index (χ0n) is 14.1. The van der Waals surface area contributed by atoms with Crippen LogP contribution >= 0.6 is 0 Å². The van der Waals surface area contributed by atoms with Gasteiger partial charge in [0.05, 0.1) is 28.3 Å². The number of nitrogens with one attached hydrogen (secondary N) is 1. The first-order chi connectivity index (χ1) is 12.1. The van der Waals surface area contributed by atoms with Crippen molar-refractivity contribution in [3.63, 3.8) is 0 Å². The zero-order chi connectivity index (χ0) is 17.4. The average Bonchev–Trinajstić information content (AvgIpc) is 3.05. The molecule has 2 aromatic heterocycles. The summed E-state index contributed by atoms with van der Waals surface area (Å²) in [4.78, 5) is 31.1. The minimum atomic E-state index is -0.0670. The summed E-state index contributed by atoms with van der Waals surface area (Å²) in [6.45, 7) is 2.48. The molecule has 0 aliphatic carbocycles. The number of para-hydroxylation sites is 2. The van der Waals surface area contributed by atoms with Gasteiger partial charge in [-0.2, -0.15) is 0 Å². The number of H-pyrrole nitrogens is 1. The number of nitrogens with zero attached hydrogens (tertiary/aromatic N) is 4. The average molecular weight is 336 g/mol. The molecule has 0 radical (unpaired) electrons. The Hall–Kier alpha value is -2.96. The molecular formula is C18H20N6O. The molecule has 3 heterocycles. The second-order valence-corrected chi connectivity index (χ2v) is 6.38. The lowest BCUT2D eigenvalue weighted by molar-refractivity contribution is 0.0599. The van der Waals surface area contributed by atoms with E-state index in [9.17, 15) is 4.79 Å². The number of piperidine rings is 1. The van der Waals surface area contributed by atoms with Gasteiger partial charge in [0, 0.05) is 12.7 Å².